The summed E-state index contributed by atoms with van der Waals surface area (Å²) in [6, 6.07) is 1.83. The number of aromatic carboxylic acids is 1. The largest absolute Gasteiger partial charge is 0.476 e. The molecule has 0 fully saturated rings. The van der Waals surface area contributed by atoms with Crippen LogP contribution in [0.3, 0.4) is 0 Å². The first-order valence-electron chi connectivity index (χ1n) is 5.46. The van der Waals surface area contributed by atoms with Crippen LogP contribution in [0.15, 0.2) is 24.7 Å². The SMILES string of the molecule is Cc1cc2c(-n3cc(N)c(C(=O)O)n3)nccn2n1. The van der Waals surface area contributed by atoms with Crippen LogP contribution in [0, 0.1) is 6.92 Å². The first-order valence-corrected chi connectivity index (χ1v) is 5.46. The van der Waals surface area contributed by atoms with Gasteiger partial charge in [0.25, 0.3) is 0 Å². The number of anilines is 1. The lowest BCUT2D eigenvalue weighted by molar-refractivity contribution is 0.0691. The highest BCUT2D eigenvalue weighted by Gasteiger charge is 2.16. The molecular weight excluding hydrogens is 248 g/mol. The molecule has 0 amide bonds. The Morgan fingerprint density at radius 3 is 2.89 bits per heavy atom. The lowest BCUT2D eigenvalue weighted by atomic mass is 10.4. The van der Waals surface area contributed by atoms with Gasteiger partial charge in [-0.25, -0.2) is 19.0 Å². The fraction of sp³-hybridized carbons (Fsp3) is 0.0909. The van der Waals surface area contributed by atoms with E-state index in [-0.39, 0.29) is 11.4 Å². The van der Waals surface area contributed by atoms with E-state index < -0.39 is 5.97 Å². The van der Waals surface area contributed by atoms with Crippen molar-refractivity contribution in [1.29, 1.82) is 0 Å². The van der Waals surface area contributed by atoms with Crippen LogP contribution in [0.25, 0.3) is 11.3 Å². The number of hydrogen-bond donors (Lipinski definition) is 2. The average molecular weight is 258 g/mol. The maximum Gasteiger partial charge on any atom is 0.358 e. The highest BCUT2D eigenvalue weighted by molar-refractivity contribution is 5.91. The minimum absolute atomic E-state index is 0.0903. The van der Waals surface area contributed by atoms with Crippen LogP contribution in [0.4, 0.5) is 5.69 Å². The summed E-state index contributed by atoms with van der Waals surface area (Å²) in [5.41, 5.74) is 7.06. The Bertz CT molecular complexity index is 788. The maximum absolute atomic E-state index is 10.9. The Kier molecular flexibility index (Phi) is 2.24. The van der Waals surface area contributed by atoms with Crippen LogP contribution in [0.2, 0.25) is 0 Å². The van der Waals surface area contributed by atoms with E-state index in [0.717, 1.165) is 11.2 Å². The van der Waals surface area contributed by atoms with Crippen molar-refractivity contribution in [1.82, 2.24) is 24.4 Å². The zero-order valence-electron chi connectivity index (χ0n) is 9.98. The molecule has 0 aliphatic heterocycles. The molecule has 0 aromatic carbocycles. The Balaban J connectivity index is 2.24. The second-order valence-electron chi connectivity index (χ2n) is 4.05. The molecule has 0 radical (unpaired) electrons. The van der Waals surface area contributed by atoms with Gasteiger partial charge in [0, 0.05) is 12.4 Å². The second-order valence-corrected chi connectivity index (χ2v) is 4.05. The molecule has 3 aromatic rings. The molecule has 0 atom stereocenters. The van der Waals surface area contributed by atoms with E-state index in [4.69, 9.17) is 10.8 Å². The monoisotopic (exact) mass is 258 g/mol. The molecule has 96 valence electrons. The van der Waals surface area contributed by atoms with Crippen molar-refractivity contribution in [2.75, 3.05) is 5.73 Å². The third kappa shape index (κ3) is 1.69. The molecule has 3 N–H and O–H groups in total. The molecule has 0 spiro atoms. The molecule has 0 saturated carbocycles. The number of aromatic nitrogens is 5. The summed E-state index contributed by atoms with van der Waals surface area (Å²) in [5, 5.41) is 17.1. The fourth-order valence-corrected chi connectivity index (χ4v) is 1.87. The number of carboxylic acids is 1. The Hall–Kier alpha value is -2.90. The fourth-order valence-electron chi connectivity index (χ4n) is 1.87. The Morgan fingerprint density at radius 2 is 2.21 bits per heavy atom. The van der Waals surface area contributed by atoms with Crippen molar-refractivity contribution < 1.29 is 9.90 Å². The number of nitrogens with zero attached hydrogens (tertiary/aromatic N) is 5. The van der Waals surface area contributed by atoms with Crippen LogP contribution in [0.5, 0.6) is 0 Å². The van der Waals surface area contributed by atoms with E-state index in [1.807, 2.05) is 13.0 Å². The number of aryl methyl sites for hydroxylation is 1. The molecule has 19 heavy (non-hydrogen) atoms. The van der Waals surface area contributed by atoms with Crippen LogP contribution < -0.4 is 5.73 Å². The lowest BCUT2D eigenvalue weighted by Crippen LogP contribution is -2.05. The maximum atomic E-state index is 10.9. The number of hydrogen-bond acceptors (Lipinski definition) is 5. The predicted molar refractivity (Wildman–Crippen MR) is 66.2 cm³/mol. The van der Waals surface area contributed by atoms with Crippen molar-refractivity contribution in [2.45, 2.75) is 6.92 Å². The molecule has 0 bridgehead atoms. The van der Waals surface area contributed by atoms with E-state index in [2.05, 4.69) is 15.2 Å². The van der Waals surface area contributed by atoms with Crippen LogP contribution in [-0.2, 0) is 0 Å². The molecule has 0 aliphatic rings. The zero-order valence-corrected chi connectivity index (χ0v) is 9.98. The number of nitrogens with two attached hydrogens (primary N) is 1. The van der Waals surface area contributed by atoms with E-state index in [0.29, 0.717) is 5.82 Å². The zero-order chi connectivity index (χ0) is 13.6. The number of carbonyl (C=O) groups is 1. The standard InChI is InChI=1S/C11H10N6O2/c1-6-4-8-10(13-2-3-16(8)14-6)17-5-7(12)9(15-17)11(18)19/h2-5H,12H2,1H3,(H,18,19). The van der Waals surface area contributed by atoms with E-state index >= 15 is 0 Å². The number of carboxylic acid groups (broad SMARTS) is 1. The summed E-state index contributed by atoms with van der Waals surface area (Å²) in [4.78, 5) is 15.1. The predicted octanol–water partition coefficient (Wildman–Crippen LogP) is 0.504. The van der Waals surface area contributed by atoms with Gasteiger partial charge in [0.1, 0.15) is 5.52 Å². The first-order chi connectivity index (χ1) is 9.06. The van der Waals surface area contributed by atoms with Gasteiger partial charge in [0.2, 0.25) is 0 Å². The number of rotatable bonds is 2. The first kappa shape index (κ1) is 11.2. The van der Waals surface area contributed by atoms with Gasteiger partial charge in [-0.15, -0.1) is 0 Å². The molecule has 3 heterocycles. The van der Waals surface area contributed by atoms with Gasteiger partial charge < -0.3 is 10.8 Å². The molecule has 8 nitrogen and oxygen atoms in total. The van der Waals surface area contributed by atoms with Crippen molar-refractivity contribution in [3.05, 3.63) is 36.0 Å². The summed E-state index contributed by atoms with van der Waals surface area (Å²) in [6.07, 6.45) is 4.69. The summed E-state index contributed by atoms with van der Waals surface area (Å²) in [6.45, 7) is 1.86. The smallest absolute Gasteiger partial charge is 0.358 e. The minimum Gasteiger partial charge on any atom is -0.476 e. The molecule has 3 rings (SSSR count). The van der Waals surface area contributed by atoms with Crippen molar-refractivity contribution in [3.8, 4) is 5.82 Å². The highest BCUT2D eigenvalue weighted by atomic mass is 16.4. The summed E-state index contributed by atoms with van der Waals surface area (Å²) in [5.74, 6) is -0.699. The van der Waals surface area contributed by atoms with Gasteiger partial charge in [-0.1, -0.05) is 0 Å². The highest BCUT2D eigenvalue weighted by Crippen LogP contribution is 2.17. The number of nitrogen functional groups attached to an aromatic ring is 1. The molecular formula is C11H10N6O2. The van der Waals surface area contributed by atoms with Crippen molar-refractivity contribution in [3.63, 3.8) is 0 Å². The molecule has 0 unspecified atom stereocenters. The van der Waals surface area contributed by atoms with E-state index in [1.54, 1.807) is 16.9 Å². The van der Waals surface area contributed by atoms with Crippen LogP contribution in [0.1, 0.15) is 16.2 Å². The topological polar surface area (TPSA) is 111 Å². The van der Waals surface area contributed by atoms with Crippen molar-refractivity contribution >= 4 is 17.2 Å². The van der Waals surface area contributed by atoms with Crippen LogP contribution in [-0.4, -0.2) is 35.5 Å². The van der Waals surface area contributed by atoms with Gasteiger partial charge in [0.05, 0.1) is 17.6 Å². The third-order valence-corrected chi connectivity index (χ3v) is 2.65. The molecule has 0 aliphatic carbocycles. The second kappa shape index (κ2) is 3.80. The van der Waals surface area contributed by atoms with Crippen molar-refractivity contribution in [2.24, 2.45) is 0 Å². The van der Waals surface area contributed by atoms with E-state index in [1.165, 1.54) is 10.9 Å². The third-order valence-electron chi connectivity index (χ3n) is 2.65. The normalized spacial score (nSPS) is 11.0. The Morgan fingerprint density at radius 1 is 1.42 bits per heavy atom. The average Bonchev–Trinajstić information content (AvgIpc) is 2.90. The van der Waals surface area contributed by atoms with Gasteiger partial charge in [-0.3, -0.25) is 0 Å². The summed E-state index contributed by atoms with van der Waals surface area (Å²) in [7, 11) is 0. The molecule has 8 heteroatoms. The van der Waals surface area contributed by atoms with E-state index in [9.17, 15) is 4.79 Å². The van der Waals surface area contributed by atoms with Gasteiger partial charge in [0.15, 0.2) is 11.5 Å². The molecule has 3 aromatic heterocycles. The van der Waals surface area contributed by atoms with Crippen LogP contribution >= 0.6 is 0 Å². The van der Waals surface area contributed by atoms with Gasteiger partial charge >= 0.3 is 5.97 Å². The quantitative estimate of drug-likeness (QED) is 0.692. The Labute approximate surface area is 107 Å². The lowest BCUT2D eigenvalue weighted by Gasteiger charge is -2.01. The molecule has 0 saturated heterocycles. The van der Waals surface area contributed by atoms with Gasteiger partial charge in [-0.05, 0) is 13.0 Å². The van der Waals surface area contributed by atoms with Gasteiger partial charge in [-0.2, -0.15) is 10.2 Å². The summed E-state index contributed by atoms with van der Waals surface area (Å²) < 4.78 is 2.99. The summed E-state index contributed by atoms with van der Waals surface area (Å²) >= 11 is 0. The minimum atomic E-state index is -1.17. The number of fused-ring (bicyclic) bond motifs is 1.